The number of halogens is 1. The van der Waals surface area contributed by atoms with E-state index in [1.165, 1.54) is 0 Å². The van der Waals surface area contributed by atoms with E-state index in [1.807, 2.05) is 30.3 Å². The van der Waals surface area contributed by atoms with Crippen LogP contribution in [0.3, 0.4) is 0 Å². The maximum absolute atomic E-state index is 12.0. The van der Waals surface area contributed by atoms with Crippen LogP contribution < -0.4 is 21.3 Å². The smallest absolute Gasteiger partial charge is 0.326 e. The van der Waals surface area contributed by atoms with Gasteiger partial charge in [0.2, 0.25) is 0 Å². The highest BCUT2D eigenvalue weighted by molar-refractivity contribution is 6.30. The molecule has 35 heavy (non-hydrogen) atoms. The summed E-state index contributed by atoms with van der Waals surface area (Å²) in [5.41, 5.74) is 2.09. The lowest BCUT2D eigenvalue weighted by atomic mass is 10.0. The number of urea groups is 1. The van der Waals surface area contributed by atoms with Crippen LogP contribution in [0.5, 0.6) is 0 Å². The minimum absolute atomic E-state index is 0.149. The zero-order chi connectivity index (χ0) is 24.5. The van der Waals surface area contributed by atoms with Crippen molar-refractivity contribution in [3.05, 3.63) is 52.8 Å². The molecule has 2 aliphatic heterocycles. The zero-order valence-corrected chi connectivity index (χ0v) is 20.3. The molecule has 182 valence electrons. The molecule has 0 aliphatic carbocycles. The van der Waals surface area contributed by atoms with Crippen LogP contribution in [0, 0.1) is 0 Å². The van der Waals surface area contributed by atoms with Gasteiger partial charge in [0.15, 0.2) is 5.65 Å². The van der Waals surface area contributed by atoms with Crippen molar-refractivity contribution in [2.75, 3.05) is 23.7 Å². The van der Waals surface area contributed by atoms with E-state index in [0.29, 0.717) is 34.1 Å². The van der Waals surface area contributed by atoms with Gasteiger partial charge in [-0.25, -0.2) is 9.78 Å². The zero-order valence-electron chi connectivity index (χ0n) is 19.5. The molecule has 1 aromatic carbocycles. The molecule has 4 heterocycles. The van der Waals surface area contributed by atoms with E-state index in [2.05, 4.69) is 45.1 Å². The average Bonchev–Trinajstić information content (AvgIpc) is 3.36. The molecule has 2 saturated heterocycles. The number of carbonyl (C=O) groups is 2. The summed E-state index contributed by atoms with van der Waals surface area (Å²) < 4.78 is 1.72. The van der Waals surface area contributed by atoms with Crippen LogP contribution in [-0.2, 0) is 4.79 Å². The monoisotopic (exact) mass is 494 g/mol. The molecule has 0 unspecified atom stereocenters. The Bertz CT molecular complexity index is 1310. The van der Waals surface area contributed by atoms with Crippen molar-refractivity contribution in [2.45, 2.75) is 38.8 Å². The molecule has 0 bridgehead atoms. The molecule has 2 fully saturated rings. The maximum Gasteiger partial charge on any atom is 0.326 e. The minimum Gasteiger partial charge on any atom is -0.367 e. The van der Waals surface area contributed by atoms with Crippen LogP contribution in [0.25, 0.3) is 11.7 Å². The Kier molecular flexibility index (Phi) is 6.31. The molecule has 11 heteroatoms. The normalized spacial score (nSPS) is 18.3. The second kappa shape index (κ2) is 9.55. The minimum atomic E-state index is -0.552. The third kappa shape index (κ3) is 5.08. The number of likely N-dealkylation sites (tertiary alicyclic amines) is 1. The fourth-order valence-electron chi connectivity index (χ4n) is 4.37. The molecule has 2 aromatic heterocycles. The average molecular weight is 495 g/mol. The third-order valence-corrected chi connectivity index (χ3v) is 6.46. The van der Waals surface area contributed by atoms with E-state index in [-0.39, 0.29) is 5.70 Å². The van der Waals surface area contributed by atoms with Crippen LogP contribution in [0.15, 0.2) is 42.2 Å². The van der Waals surface area contributed by atoms with Crippen molar-refractivity contribution in [2.24, 2.45) is 0 Å². The first-order valence-electron chi connectivity index (χ1n) is 11.6. The van der Waals surface area contributed by atoms with E-state index in [9.17, 15) is 9.59 Å². The lowest BCUT2D eigenvalue weighted by Crippen LogP contribution is -2.42. The summed E-state index contributed by atoms with van der Waals surface area (Å²) in [6, 6.07) is 9.58. The Labute approximate surface area is 207 Å². The topological polar surface area (TPSA) is 116 Å². The number of nitrogens with zero attached hydrogens (tertiary/aromatic N) is 4. The van der Waals surface area contributed by atoms with Gasteiger partial charge in [-0.05, 0) is 51.0 Å². The van der Waals surface area contributed by atoms with Crippen molar-refractivity contribution in [3.8, 4) is 0 Å². The van der Waals surface area contributed by atoms with Gasteiger partial charge in [0.05, 0.1) is 6.20 Å². The number of anilines is 3. The number of imide groups is 1. The number of aromatic nitrogens is 3. The molecule has 3 amide bonds. The number of rotatable bonds is 6. The van der Waals surface area contributed by atoms with Crippen LogP contribution >= 0.6 is 11.6 Å². The van der Waals surface area contributed by atoms with Crippen molar-refractivity contribution in [1.82, 2.24) is 30.1 Å². The van der Waals surface area contributed by atoms with E-state index >= 15 is 0 Å². The maximum atomic E-state index is 12.0. The highest BCUT2D eigenvalue weighted by atomic mass is 35.5. The SMILES string of the molecule is CC(C)N1CCC(Nc2cc(Nc3cccc(Cl)c3)nc3c(/C=C4\NC(=O)NC4=O)cnn23)CC1. The predicted molar refractivity (Wildman–Crippen MR) is 136 cm³/mol. The van der Waals surface area contributed by atoms with Crippen LogP contribution in [0.4, 0.5) is 22.1 Å². The molecule has 10 nitrogen and oxygen atoms in total. The van der Waals surface area contributed by atoms with Gasteiger partial charge in [-0.2, -0.15) is 9.61 Å². The summed E-state index contributed by atoms with van der Waals surface area (Å²) >= 11 is 6.16. The van der Waals surface area contributed by atoms with Gasteiger partial charge in [0, 0.05) is 47.5 Å². The number of benzene rings is 1. The molecule has 4 N–H and O–H groups in total. The van der Waals surface area contributed by atoms with E-state index in [1.54, 1.807) is 16.8 Å². The van der Waals surface area contributed by atoms with Gasteiger partial charge in [-0.15, -0.1) is 0 Å². The van der Waals surface area contributed by atoms with Crippen molar-refractivity contribution < 1.29 is 9.59 Å². The number of amides is 3. The summed E-state index contributed by atoms with van der Waals surface area (Å²) in [6.07, 6.45) is 5.24. The Morgan fingerprint density at radius 2 is 1.97 bits per heavy atom. The number of hydrogen-bond acceptors (Lipinski definition) is 7. The number of fused-ring (bicyclic) bond motifs is 1. The fourth-order valence-corrected chi connectivity index (χ4v) is 4.56. The molecular formula is C24H27ClN8O2. The van der Waals surface area contributed by atoms with Crippen LogP contribution in [0.1, 0.15) is 32.3 Å². The van der Waals surface area contributed by atoms with Gasteiger partial charge >= 0.3 is 6.03 Å². The quantitative estimate of drug-likeness (QED) is 0.305. The lowest BCUT2D eigenvalue weighted by Gasteiger charge is -2.35. The first kappa shape index (κ1) is 23.1. The highest BCUT2D eigenvalue weighted by Gasteiger charge is 2.25. The van der Waals surface area contributed by atoms with Crippen molar-refractivity contribution >= 4 is 52.6 Å². The summed E-state index contributed by atoms with van der Waals surface area (Å²) in [6.45, 7) is 6.51. The number of carbonyl (C=O) groups excluding carboxylic acids is 2. The molecular weight excluding hydrogens is 468 g/mol. The molecule has 3 aromatic rings. The lowest BCUT2D eigenvalue weighted by molar-refractivity contribution is -0.115. The summed E-state index contributed by atoms with van der Waals surface area (Å²) in [5, 5.41) is 16.8. The number of hydrogen-bond donors (Lipinski definition) is 4. The molecule has 2 aliphatic rings. The number of nitrogens with one attached hydrogen (secondary N) is 4. The predicted octanol–water partition coefficient (Wildman–Crippen LogP) is 3.59. The largest absolute Gasteiger partial charge is 0.367 e. The summed E-state index contributed by atoms with van der Waals surface area (Å²) in [7, 11) is 0. The Balaban J connectivity index is 1.49. The Morgan fingerprint density at radius 1 is 1.17 bits per heavy atom. The standard InChI is InChI=1S/C24H27ClN8O2/c1-14(2)32-8-6-17(7-9-32)28-21-12-20(27-18-5-3-4-16(25)11-18)30-22-15(13-26-33(21)22)10-19-23(34)31-24(35)29-19/h3-5,10-14,17,28H,6-9H2,1-2H3,(H,27,30)(H2,29,31,34,35)/b19-10-. The molecule has 5 rings (SSSR count). The Morgan fingerprint density at radius 3 is 2.66 bits per heavy atom. The Hall–Kier alpha value is -3.63. The van der Waals surface area contributed by atoms with Gasteiger partial charge in [-0.1, -0.05) is 17.7 Å². The third-order valence-electron chi connectivity index (χ3n) is 6.23. The second-order valence-corrected chi connectivity index (χ2v) is 9.45. The molecule has 0 saturated carbocycles. The van der Waals surface area contributed by atoms with Crippen LogP contribution in [-0.4, -0.2) is 56.6 Å². The highest BCUT2D eigenvalue weighted by Crippen LogP contribution is 2.26. The van der Waals surface area contributed by atoms with Crippen molar-refractivity contribution in [3.63, 3.8) is 0 Å². The van der Waals surface area contributed by atoms with Crippen molar-refractivity contribution in [1.29, 1.82) is 0 Å². The van der Waals surface area contributed by atoms with E-state index in [0.717, 1.165) is 37.4 Å². The van der Waals surface area contributed by atoms with Gasteiger partial charge in [0.25, 0.3) is 5.91 Å². The van der Waals surface area contributed by atoms with E-state index in [4.69, 9.17) is 16.6 Å². The van der Waals surface area contributed by atoms with Gasteiger partial charge < -0.3 is 20.9 Å². The molecule has 0 spiro atoms. The first-order valence-corrected chi connectivity index (χ1v) is 12.0. The number of piperidine rings is 1. The molecule has 0 atom stereocenters. The summed E-state index contributed by atoms with van der Waals surface area (Å²) in [5.74, 6) is 0.895. The van der Waals surface area contributed by atoms with Gasteiger partial charge in [0.1, 0.15) is 17.3 Å². The first-order chi connectivity index (χ1) is 16.9. The van der Waals surface area contributed by atoms with E-state index < -0.39 is 11.9 Å². The molecule has 0 radical (unpaired) electrons. The van der Waals surface area contributed by atoms with Gasteiger partial charge in [-0.3, -0.25) is 10.1 Å². The summed E-state index contributed by atoms with van der Waals surface area (Å²) in [4.78, 5) is 30.8. The fraction of sp³-hybridized carbons (Fsp3) is 0.333. The van der Waals surface area contributed by atoms with Crippen LogP contribution in [0.2, 0.25) is 5.02 Å². The second-order valence-electron chi connectivity index (χ2n) is 9.01.